The Bertz CT molecular complexity index is 101. The maximum absolute atomic E-state index is 10.1. The van der Waals surface area contributed by atoms with Gasteiger partial charge in [0.25, 0.3) is 0 Å². The summed E-state index contributed by atoms with van der Waals surface area (Å²) in [6.07, 6.45) is 0. The molecule has 0 amide bonds. The summed E-state index contributed by atoms with van der Waals surface area (Å²) in [6.45, 7) is 0. The summed E-state index contributed by atoms with van der Waals surface area (Å²) in [6, 6.07) is -0.667. The number of nitrogens with two attached hydrogens (primary N) is 1. The molecule has 0 unspecified atom stereocenters. The van der Waals surface area contributed by atoms with Gasteiger partial charge in [-0.15, -0.1) is 0 Å². The molecule has 9 heavy (non-hydrogen) atoms. The van der Waals surface area contributed by atoms with E-state index >= 15 is 0 Å². The van der Waals surface area contributed by atoms with Crippen LogP contribution in [0, 0.1) is 0 Å². The molecule has 0 fully saturated rings. The first-order valence-corrected chi connectivity index (χ1v) is 8.42. The number of carboxylic acids is 1. The summed E-state index contributed by atoms with van der Waals surface area (Å²) in [5.74, 6) is -0.336. The fourth-order valence-corrected chi connectivity index (χ4v) is 3.06. The third kappa shape index (κ3) is 5.04. The Morgan fingerprint density at radius 2 is 2.56 bits per heavy atom. The van der Waals surface area contributed by atoms with Crippen molar-refractivity contribution in [2.24, 2.45) is 5.73 Å². The van der Waals surface area contributed by atoms with E-state index in [4.69, 9.17) is 10.8 Å². The Hall–Kier alpha value is 0.570. The van der Waals surface area contributed by atoms with Gasteiger partial charge in [0, 0.05) is 0 Å². The zero-order chi connectivity index (χ0) is 7.28. The van der Waals surface area contributed by atoms with E-state index in [2.05, 4.69) is 4.97 Å². The Balaban J connectivity index is 3.27. The van der Waals surface area contributed by atoms with Crippen molar-refractivity contribution in [3.63, 3.8) is 0 Å². The first kappa shape index (κ1) is 9.57. The molecule has 0 aliphatic rings. The average molecular weight is 263 g/mol. The van der Waals surface area contributed by atoms with Crippen molar-refractivity contribution < 1.29 is 9.90 Å². The van der Waals surface area contributed by atoms with Crippen molar-refractivity contribution in [2.45, 2.75) is 11.0 Å². The van der Waals surface area contributed by atoms with Crippen molar-refractivity contribution in [3.05, 3.63) is 0 Å². The van der Waals surface area contributed by atoms with Gasteiger partial charge >= 0.3 is 66.9 Å². The molecule has 0 aliphatic heterocycles. The van der Waals surface area contributed by atoms with Crippen molar-refractivity contribution in [2.75, 3.05) is 5.75 Å². The normalized spacial score (nSPS) is 13.1. The minimum atomic E-state index is -0.900. The van der Waals surface area contributed by atoms with Crippen LogP contribution in [-0.4, -0.2) is 42.4 Å². The summed E-state index contributed by atoms with van der Waals surface area (Å²) < 4.78 is 0. The molecule has 54 valence electrons. The molecule has 0 saturated heterocycles. The second-order valence-electron chi connectivity index (χ2n) is 1.40. The molecule has 0 saturated carbocycles. The molecular formula is C4H9NO2STe. The average Bonchev–Trinajstić information content (AvgIpc) is 1.82. The molecular weight excluding hydrogens is 254 g/mol. The molecule has 1 atom stereocenters. The van der Waals surface area contributed by atoms with Gasteiger partial charge in [-0.2, -0.15) is 0 Å². The van der Waals surface area contributed by atoms with E-state index in [0.29, 0.717) is 5.75 Å². The van der Waals surface area contributed by atoms with Gasteiger partial charge in [-0.3, -0.25) is 0 Å². The van der Waals surface area contributed by atoms with Crippen LogP contribution in [0.3, 0.4) is 0 Å². The van der Waals surface area contributed by atoms with Gasteiger partial charge in [0.05, 0.1) is 0 Å². The Morgan fingerprint density at radius 3 is 2.89 bits per heavy atom. The molecule has 0 aromatic rings. The number of aliphatic carboxylic acids is 1. The van der Waals surface area contributed by atoms with Crippen LogP contribution in [0.25, 0.3) is 0 Å². The predicted octanol–water partition coefficient (Wildman–Crippen LogP) is -0.201. The fourth-order valence-electron chi connectivity index (χ4n) is 0.213. The molecule has 0 aromatic carbocycles. The SMILES string of the molecule is C[Te]SC[C@H](N)C(=O)O. The van der Waals surface area contributed by atoms with E-state index in [1.54, 1.807) is 8.99 Å². The van der Waals surface area contributed by atoms with Crippen molar-refractivity contribution in [1.29, 1.82) is 0 Å². The fraction of sp³-hybridized carbons (Fsp3) is 0.750. The number of hydrogen-bond donors (Lipinski definition) is 2. The summed E-state index contributed by atoms with van der Waals surface area (Å²) in [7, 11) is 1.67. The zero-order valence-electron chi connectivity index (χ0n) is 5.03. The van der Waals surface area contributed by atoms with Crippen LogP contribution in [-0.2, 0) is 4.79 Å². The second kappa shape index (κ2) is 5.36. The van der Waals surface area contributed by atoms with Crippen LogP contribution in [0.4, 0.5) is 0 Å². The number of carboxylic acid groups (broad SMARTS) is 1. The molecule has 0 radical (unpaired) electrons. The quantitative estimate of drug-likeness (QED) is 0.689. The van der Waals surface area contributed by atoms with Crippen LogP contribution in [0.5, 0.6) is 0 Å². The number of rotatable bonds is 4. The van der Waals surface area contributed by atoms with Gasteiger partial charge in [0.15, 0.2) is 0 Å². The van der Waals surface area contributed by atoms with Gasteiger partial charge in [0.2, 0.25) is 0 Å². The van der Waals surface area contributed by atoms with Crippen molar-refractivity contribution in [1.82, 2.24) is 0 Å². The molecule has 0 aliphatic carbocycles. The van der Waals surface area contributed by atoms with Gasteiger partial charge in [-0.25, -0.2) is 0 Å². The van der Waals surface area contributed by atoms with Gasteiger partial charge in [-0.05, 0) is 0 Å². The van der Waals surface area contributed by atoms with Crippen LogP contribution >= 0.6 is 8.99 Å². The van der Waals surface area contributed by atoms with Crippen LogP contribution in [0.1, 0.15) is 0 Å². The number of hydrogen-bond acceptors (Lipinski definition) is 3. The molecule has 0 spiro atoms. The van der Waals surface area contributed by atoms with Crippen molar-refractivity contribution >= 4 is 34.5 Å². The summed E-state index contributed by atoms with van der Waals surface area (Å²) in [5, 5.41) is 8.28. The third-order valence-corrected chi connectivity index (χ3v) is 4.60. The monoisotopic (exact) mass is 265 g/mol. The van der Waals surface area contributed by atoms with E-state index in [-0.39, 0.29) is 19.5 Å². The van der Waals surface area contributed by atoms with E-state index in [0.717, 1.165) is 0 Å². The van der Waals surface area contributed by atoms with E-state index < -0.39 is 12.0 Å². The minimum absolute atomic E-state index is 0.0231. The third-order valence-electron chi connectivity index (χ3n) is 0.683. The summed E-state index contributed by atoms with van der Waals surface area (Å²) in [5.41, 5.74) is 5.20. The molecule has 0 heterocycles. The number of carbonyl (C=O) groups is 1. The molecule has 0 aromatic heterocycles. The first-order chi connectivity index (χ1) is 4.18. The molecule has 0 bridgehead atoms. The van der Waals surface area contributed by atoms with Gasteiger partial charge in [-0.1, -0.05) is 0 Å². The van der Waals surface area contributed by atoms with E-state index in [1.807, 2.05) is 0 Å². The van der Waals surface area contributed by atoms with Gasteiger partial charge in [0.1, 0.15) is 0 Å². The van der Waals surface area contributed by atoms with Crippen LogP contribution < -0.4 is 5.73 Å². The molecule has 0 rings (SSSR count). The second-order valence-corrected chi connectivity index (χ2v) is 7.17. The van der Waals surface area contributed by atoms with E-state index in [1.165, 1.54) is 0 Å². The molecule has 3 N–H and O–H groups in total. The maximum atomic E-state index is 10.1. The van der Waals surface area contributed by atoms with Crippen LogP contribution in [0.2, 0.25) is 4.97 Å². The summed E-state index contributed by atoms with van der Waals surface area (Å²) in [4.78, 5) is 12.2. The zero-order valence-corrected chi connectivity index (χ0v) is 8.18. The summed E-state index contributed by atoms with van der Waals surface area (Å²) >= 11 is -0.0231. The Labute approximate surface area is 66.9 Å². The van der Waals surface area contributed by atoms with Crippen molar-refractivity contribution in [3.8, 4) is 0 Å². The standard InChI is InChI=1S/C4H9NO2STe/c1-9-8-2-3(5)4(6)7/h3H,2,5H2,1H3,(H,6,7)/t3-/m0/s1. The van der Waals surface area contributed by atoms with E-state index in [9.17, 15) is 4.79 Å². The van der Waals surface area contributed by atoms with Gasteiger partial charge < -0.3 is 0 Å². The Kier molecular flexibility index (Phi) is 5.70. The van der Waals surface area contributed by atoms with Crippen LogP contribution in [0.15, 0.2) is 0 Å². The topological polar surface area (TPSA) is 63.3 Å². The Morgan fingerprint density at radius 1 is 2.00 bits per heavy atom. The molecule has 5 heteroatoms. The molecule has 3 nitrogen and oxygen atoms in total. The first-order valence-electron chi connectivity index (χ1n) is 2.32. The predicted molar refractivity (Wildman–Crippen MR) is 39.7 cm³/mol.